The minimum Gasteiger partial charge on any atom is -0.448 e. The van der Waals surface area contributed by atoms with Gasteiger partial charge in [-0.05, 0) is 23.3 Å². The van der Waals surface area contributed by atoms with Crippen LogP contribution >= 0.6 is 0 Å². The Bertz CT molecular complexity index is 860. The molecule has 2 aromatic carbocycles. The molecule has 0 amide bonds. The quantitative estimate of drug-likeness (QED) is 0.260. The highest BCUT2D eigenvalue weighted by molar-refractivity contribution is 6.36. The molecule has 132 valence electrons. The summed E-state index contributed by atoms with van der Waals surface area (Å²) >= 11 is 0. The standard InChI is InChI=1S/C18H15N3O5/c19-20-16-15(17(26-18(16)22)13-4-2-1-3-5-13)11-25-10-12-6-8-14(9-7-12)21(23)24/h1-9,15,17H,10-11H2/t15-,17+/m0/s1. The zero-order valence-electron chi connectivity index (χ0n) is 13.6. The number of carbonyl (C=O) groups is 1. The third-order valence-corrected chi connectivity index (χ3v) is 4.11. The monoisotopic (exact) mass is 353 g/mol. The maximum absolute atomic E-state index is 11.9. The van der Waals surface area contributed by atoms with E-state index >= 15 is 0 Å². The topological polar surface area (TPSA) is 115 Å². The molecule has 0 N–H and O–H groups in total. The van der Waals surface area contributed by atoms with Crippen LogP contribution in [0.15, 0.2) is 54.6 Å². The Morgan fingerprint density at radius 1 is 1.15 bits per heavy atom. The van der Waals surface area contributed by atoms with E-state index in [0.29, 0.717) is 0 Å². The molecule has 0 bridgehead atoms. The van der Waals surface area contributed by atoms with Crippen molar-refractivity contribution in [2.45, 2.75) is 12.7 Å². The van der Waals surface area contributed by atoms with Crippen LogP contribution in [0.1, 0.15) is 17.2 Å². The van der Waals surface area contributed by atoms with E-state index in [1.165, 1.54) is 12.1 Å². The van der Waals surface area contributed by atoms with E-state index in [-0.39, 0.29) is 24.6 Å². The molecule has 26 heavy (non-hydrogen) atoms. The van der Waals surface area contributed by atoms with Gasteiger partial charge >= 0.3 is 11.7 Å². The number of non-ortho nitro benzene ring substituents is 1. The van der Waals surface area contributed by atoms with E-state index in [4.69, 9.17) is 15.0 Å². The average Bonchev–Trinajstić information content (AvgIpc) is 2.98. The first-order valence-electron chi connectivity index (χ1n) is 7.89. The van der Waals surface area contributed by atoms with E-state index in [1.807, 2.05) is 30.3 Å². The fourth-order valence-corrected chi connectivity index (χ4v) is 2.79. The Morgan fingerprint density at radius 3 is 2.46 bits per heavy atom. The second-order valence-corrected chi connectivity index (χ2v) is 5.77. The summed E-state index contributed by atoms with van der Waals surface area (Å²) in [4.78, 5) is 25.2. The molecule has 8 nitrogen and oxygen atoms in total. The molecule has 0 aliphatic carbocycles. The van der Waals surface area contributed by atoms with Crippen molar-refractivity contribution >= 4 is 17.4 Å². The smallest absolute Gasteiger partial charge is 0.418 e. The van der Waals surface area contributed by atoms with Crippen LogP contribution in [-0.4, -0.2) is 28.0 Å². The van der Waals surface area contributed by atoms with E-state index in [9.17, 15) is 14.9 Å². The van der Waals surface area contributed by atoms with Crippen molar-refractivity contribution in [3.05, 3.63) is 81.4 Å². The van der Waals surface area contributed by atoms with Crippen molar-refractivity contribution in [3.8, 4) is 0 Å². The summed E-state index contributed by atoms with van der Waals surface area (Å²) in [5.41, 5.74) is 10.6. The number of hydrogen-bond acceptors (Lipinski definition) is 5. The summed E-state index contributed by atoms with van der Waals surface area (Å²) in [6.07, 6.45) is -0.591. The molecule has 1 heterocycles. The van der Waals surface area contributed by atoms with Gasteiger partial charge in [0.05, 0.1) is 18.1 Å². The van der Waals surface area contributed by atoms with Crippen LogP contribution in [-0.2, 0) is 20.9 Å². The van der Waals surface area contributed by atoms with Crippen molar-refractivity contribution in [1.82, 2.24) is 0 Å². The summed E-state index contributed by atoms with van der Waals surface area (Å²) < 4.78 is 11.0. The van der Waals surface area contributed by atoms with Gasteiger partial charge in [-0.3, -0.25) is 10.1 Å². The number of rotatable bonds is 6. The van der Waals surface area contributed by atoms with Crippen molar-refractivity contribution in [2.24, 2.45) is 5.92 Å². The summed E-state index contributed by atoms with van der Waals surface area (Å²) in [5.74, 6) is -1.22. The van der Waals surface area contributed by atoms with Gasteiger partial charge in [0.2, 0.25) is 0 Å². The SMILES string of the molecule is [N-]=[N+]=C1C(=O)O[C@H](c2ccccc2)[C@H]1COCc1ccc([N+](=O)[O-])cc1. The van der Waals surface area contributed by atoms with Crippen molar-refractivity contribution in [1.29, 1.82) is 0 Å². The van der Waals surface area contributed by atoms with E-state index in [0.717, 1.165) is 11.1 Å². The van der Waals surface area contributed by atoms with Gasteiger partial charge in [0.1, 0.15) is 12.0 Å². The normalized spacial score (nSPS) is 19.1. The first-order chi connectivity index (χ1) is 12.6. The molecule has 1 fully saturated rings. The summed E-state index contributed by atoms with van der Waals surface area (Å²) in [7, 11) is 0. The van der Waals surface area contributed by atoms with Crippen LogP contribution in [0, 0.1) is 16.0 Å². The minimum absolute atomic E-state index is 0.00220. The number of carbonyl (C=O) groups excluding carboxylic acids is 1. The number of nitrogens with zero attached hydrogens (tertiary/aromatic N) is 3. The van der Waals surface area contributed by atoms with Gasteiger partial charge in [0.15, 0.2) is 0 Å². The molecule has 3 rings (SSSR count). The molecular formula is C18H15N3O5. The molecule has 0 radical (unpaired) electrons. The first kappa shape index (κ1) is 17.5. The average molecular weight is 353 g/mol. The molecule has 0 aromatic heterocycles. The highest BCUT2D eigenvalue weighted by Crippen LogP contribution is 2.33. The first-order valence-corrected chi connectivity index (χ1v) is 7.89. The lowest BCUT2D eigenvalue weighted by Gasteiger charge is -2.15. The lowest BCUT2D eigenvalue weighted by atomic mass is 9.94. The van der Waals surface area contributed by atoms with Crippen LogP contribution in [0.4, 0.5) is 5.69 Å². The molecule has 2 atom stereocenters. The van der Waals surface area contributed by atoms with Gasteiger partial charge in [-0.15, -0.1) is 0 Å². The largest absolute Gasteiger partial charge is 0.448 e. The van der Waals surface area contributed by atoms with Gasteiger partial charge in [-0.2, -0.15) is 4.79 Å². The Morgan fingerprint density at radius 2 is 1.85 bits per heavy atom. The molecule has 0 spiro atoms. The Kier molecular flexibility index (Phi) is 5.17. The number of ether oxygens (including phenoxy) is 2. The van der Waals surface area contributed by atoms with Crippen LogP contribution < -0.4 is 0 Å². The minimum atomic E-state index is -0.676. The van der Waals surface area contributed by atoms with Gasteiger partial charge in [-0.25, -0.2) is 4.79 Å². The third-order valence-electron chi connectivity index (χ3n) is 4.11. The number of esters is 1. The predicted molar refractivity (Wildman–Crippen MR) is 90.1 cm³/mol. The molecule has 1 aliphatic heterocycles. The van der Waals surface area contributed by atoms with Crippen LogP contribution in [0.3, 0.4) is 0 Å². The zero-order chi connectivity index (χ0) is 18.5. The van der Waals surface area contributed by atoms with Crippen LogP contribution in [0.2, 0.25) is 0 Å². The molecule has 8 heteroatoms. The van der Waals surface area contributed by atoms with Crippen LogP contribution in [0.25, 0.3) is 5.53 Å². The lowest BCUT2D eigenvalue weighted by molar-refractivity contribution is -0.384. The van der Waals surface area contributed by atoms with Crippen molar-refractivity contribution < 1.29 is 24.0 Å². The second kappa shape index (κ2) is 7.69. The van der Waals surface area contributed by atoms with Crippen LogP contribution in [0.5, 0.6) is 0 Å². The van der Waals surface area contributed by atoms with Gasteiger partial charge in [0, 0.05) is 12.1 Å². The molecule has 0 saturated carbocycles. The van der Waals surface area contributed by atoms with Crippen molar-refractivity contribution in [2.75, 3.05) is 6.61 Å². The number of nitro groups is 1. The molecule has 1 saturated heterocycles. The molecular weight excluding hydrogens is 338 g/mol. The zero-order valence-corrected chi connectivity index (χ0v) is 13.6. The predicted octanol–water partition coefficient (Wildman–Crippen LogP) is 2.70. The molecule has 2 aromatic rings. The fourth-order valence-electron chi connectivity index (χ4n) is 2.79. The maximum atomic E-state index is 11.9. The highest BCUT2D eigenvalue weighted by Gasteiger charge is 2.49. The number of hydrogen-bond donors (Lipinski definition) is 0. The maximum Gasteiger partial charge on any atom is 0.418 e. The summed E-state index contributed by atoms with van der Waals surface area (Å²) in [5, 5.41) is 10.7. The third kappa shape index (κ3) is 3.66. The Balaban J connectivity index is 1.68. The highest BCUT2D eigenvalue weighted by atomic mass is 16.6. The van der Waals surface area contributed by atoms with Gasteiger partial charge in [-0.1, -0.05) is 30.3 Å². The summed E-state index contributed by atoms with van der Waals surface area (Å²) in [6.45, 7) is 0.296. The van der Waals surface area contributed by atoms with Gasteiger partial charge in [0.25, 0.3) is 5.69 Å². The fraction of sp³-hybridized carbons (Fsp3) is 0.222. The van der Waals surface area contributed by atoms with Gasteiger partial charge < -0.3 is 15.0 Å². The van der Waals surface area contributed by atoms with E-state index in [2.05, 4.69) is 4.79 Å². The molecule has 1 aliphatic rings. The Labute approximate surface area is 148 Å². The van der Waals surface area contributed by atoms with E-state index < -0.39 is 22.9 Å². The summed E-state index contributed by atoms with van der Waals surface area (Å²) in [6, 6.07) is 15.1. The van der Waals surface area contributed by atoms with Crippen molar-refractivity contribution in [3.63, 3.8) is 0 Å². The van der Waals surface area contributed by atoms with E-state index in [1.54, 1.807) is 12.1 Å². The lowest BCUT2D eigenvalue weighted by Crippen LogP contribution is -2.23. The number of benzene rings is 2. The number of cyclic esters (lactones) is 1. The molecule has 0 unspecified atom stereocenters. The number of nitro benzene ring substituents is 1. The Hall–Kier alpha value is -3.35. The second-order valence-electron chi connectivity index (χ2n) is 5.77.